The van der Waals surface area contributed by atoms with Gasteiger partial charge in [-0.05, 0) is 51.5 Å². The van der Waals surface area contributed by atoms with Crippen molar-refractivity contribution in [1.29, 1.82) is 0 Å². The molecule has 1 atom stereocenters. The lowest BCUT2D eigenvalue weighted by atomic mass is 10.2. The molecule has 25 heavy (non-hydrogen) atoms. The van der Waals surface area contributed by atoms with Crippen LogP contribution in [-0.2, 0) is 4.79 Å². The molecule has 8 heteroatoms. The molecular formula is C17H18ClN5OS. The summed E-state index contributed by atoms with van der Waals surface area (Å²) in [5, 5.41) is 8.06. The average Bonchev–Trinajstić information content (AvgIpc) is 2.93. The fourth-order valence-electron chi connectivity index (χ4n) is 2.37. The summed E-state index contributed by atoms with van der Waals surface area (Å²) < 4.78 is 1.68. The van der Waals surface area contributed by atoms with Gasteiger partial charge in [-0.1, -0.05) is 29.4 Å². The summed E-state index contributed by atoms with van der Waals surface area (Å²) in [6, 6.07) is 7.35. The van der Waals surface area contributed by atoms with Crippen LogP contribution in [0.2, 0.25) is 5.02 Å². The number of carbonyl (C=O) groups is 1. The first kappa shape index (κ1) is 17.7. The third-order valence-corrected chi connectivity index (χ3v) is 4.89. The third-order valence-electron chi connectivity index (χ3n) is 3.71. The number of amides is 1. The minimum Gasteiger partial charge on any atom is -0.325 e. The van der Waals surface area contributed by atoms with Crippen LogP contribution in [0.25, 0.3) is 5.78 Å². The molecule has 130 valence electrons. The van der Waals surface area contributed by atoms with Crippen molar-refractivity contribution in [3.8, 4) is 0 Å². The number of nitrogens with one attached hydrogen (secondary N) is 1. The number of aromatic nitrogens is 4. The van der Waals surface area contributed by atoms with Crippen LogP contribution in [0.4, 0.5) is 5.69 Å². The Morgan fingerprint density at radius 2 is 2.00 bits per heavy atom. The molecule has 6 nitrogen and oxygen atoms in total. The molecule has 0 saturated carbocycles. The minimum atomic E-state index is -0.364. The predicted molar refractivity (Wildman–Crippen MR) is 100 cm³/mol. The Bertz CT molecular complexity index is 956. The van der Waals surface area contributed by atoms with E-state index < -0.39 is 0 Å². The summed E-state index contributed by atoms with van der Waals surface area (Å²) in [6.07, 6.45) is 0. The van der Waals surface area contributed by atoms with Crippen LogP contribution in [0.15, 0.2) is 29.4 Å². The zero-order valence-corrected chi connectivity index (χ0v) is 15.9. The van der Waals surface area contributed by atoms with E-state index in [1.165, 1.54) is 11.8 Å². The summed E-state index contributed by atoms with van der Waals surface area (Å²) >= 11 is 7.29. The fourth-order valence-corrected chi connectivity index (χ4v) is 3.29. The van der Waals surface area contributed by atoms with Gasteiger partial charge in [-0.25, -0.2) is 9.50 Å². The van der Waals surface area contributed by atoms with Crippen molar-refractivity contribution < 1.29 is 4.79 Å². The molecule has 3 aromatic rings. The standard InChI is InChI=1S/C17H18ClN5OS/c1-9-5-6-13(18)8-14(9)20-15(24)12(4)25-17-21-16-19-10(2)7-11(3)23(16)22-17/h5-8,12H,1-4H3,(H,20,24). The highest BCUT2D eigenvalue weighted by Crippen LogP contribution is 2.24. The van der Waals surface area contributed by atoms with Gasteiger partial charge in [0.25, 0.3) is 5.78 Å². The van der Waals surface area contributed by atoms with Gasteiger partial charge in [0.15, 0.2) is 0 Å². The van der Waals surface area contributed by atoms with E-state index in [2.05, 4.69) is 20.4 Å². The summed E-state index contributed by atoms with van der Waals surface area (Å²) in [6.45, 7) is 7.60. The number of nitrogens with zero attached hydrogens (tertiary/aromatic N) is 4. The minimum absolute atomic E-state index is 0.130. The maximum Gasteiger partial charge on any atom is 0.253 e. The van der Waals surface area contributed by atoms with E-state index in [9.17, 15) is 4.79 Å². The SMILES string of the molecule is Cc1cc(C)n2nc(SC(C)C(=O)Nc3cc(Cl)ccc3C)nc2n1. The lowest BCUT2D eigenvalue weighted by Crippen LogP contribution is -2.23. The summed E-state index contributed by atoms with van der Waals surface area (Å²) in [5.41, 5.74) is 3.50. The number of aryl methyl sites for hydroxylation is 3. The van der Waals surface area contributed by atoms with Crippen LogP contribution in [0.3, 0.4) is 0 Å². The summed E-state index contributed by atoms with van der Waals surface area (Å²) in [7, 11) is 0. The van der Waals surface area contributed by atoms with Gasteiger partial charge in [0.2, 0.25) is 11.1 Å². The van der Waals surface area contributed by atoms with E-state index in [0.29, 0.717) is 21.6 Å². The molecule has 0 aliphatic carbocycles. The molecule has 1 aromatic carbocycles. The van der Waals surface area contributed by atoms with Crippen LogP contribution in [0.1, 0.15) is 23.9 Å². The molecule has 2 aromatic heterocycles. The van der Waals surface area contributed by atoms with Gasteiger partial charge < -0.3 is 5.32 Å². The number of anilines is 1. The number of carbonyl (C=O) groups excluding carboxylic acids is 1. The van der Waals surface area contributed by atoms with E-state index in [0.717, 1.165) is 17.0 Å². The number of halogens is 1. The highest BCUT2D eigenvalue weighted by atomic mass is 35.5. The Morgan fingerprint density at radius 1 is 1.24 bits per heavy atom. The van der Waals surface area contributed by atoms with Gasteiger partial charge in [0, 0.05) is 22.1 Å². The van der Waals surface area contributed by atoms with Crippen molar-refractivity contribution in [3.63, 3.8) is 0 Å². The zero-order valence-electron chi connectivity index (χ0n) is 14.4. The topological polar surface area (TPSA) is 72.2 Å². The van der Waals surface area contributed by atoms with Crippen LogP contribution >= 0.6 is 23.4 Å². The molecule has 0 aliphatic heterocycles. The van der Waals surface area contributed by atoms with Crippen LogP contribution in [-0.4, -0.2) is 30.7 Å². The molecule has 1 unspecified atom stereocenters. The Morgan fingerprint density at radius 3 is 2.76 bits per heavy atom. The number of hydrogen-bond acceptors (Lipinski definition) is 5. The Labute approximate surface area is 155 Å². The van der Waals surface area contributed by atoms with Crippen LogP contribution < -0.4 is 5.32 Å². The van der Waals surface area contributed by atoms with E-state index in [4.69, 9.17) is 11.6 Å². The summed E-state index contributed by atoms with van der Waals surface area (Å²) in [4.78, 5) is 21.2. The highest BCUT2D eigenvalue weighted by Gasteiger charge is 2.19. The van der Waals surface area contributed by atoms with Gasteiger partial charge in [-0.3, -0.25) is 4.79 Å². The molecule has 1 amide bonds. The molecule has 0 saturated heterocycles. The monoisotopic (exact) mass is 375 g/mol. The van der Waals surface area contributed by atoms with E-state index in [1.807, 2.05) is 39.8 Å². The first-order valence-electron chi connectivity index (χ1n) is 7.78. The second kappa shape index (κ2) is 7.01. The summed E-state index contributed by atoms with van der Waals surface area (Å²) in [5.74, 6) is 0.411. The van der Waals surface area contributed by atoms with Crippen molar-refractivity contribution in [2.45, 2.75) is 38.1 Å². The lowest BCUT2D eigenvalue weighted by Gasteiger charge is -2.12. The molecular weight excluding hydrogens is 358 g/mol. The number of hydrogen-bond donors (Lipinski definition) is 1. The normalized spacial score (nSPS) is 12.4. The quantitative estimate of drug-likeness (QED) is 0.702. The Kier molecular flexibility index (Phi) is 4.96. The molecule has 0 bridgehead atoms. The average molecular weight is 376 g/mol. The lowest BCUT2D eigenvalue weighted by molar-refractivity contribution is -0.115. The maximum absolute atomic E-state index is 12.5. The molecule has 0 aliphatic rings. The maximum atomic E-state index is 12.5. The van der Waals surface area contributed by atoms with Gasteiger partial charge >= 0.3 is 0 Å². The molecule has 0 radical (unpaired) electrons. The zero-order chi connectivity index (χ0) is 18.1. The Hall–Kier alpha value is -2.12. The van der Waals surface area contributed by atoms with Gasteiger partial charge in [-0.15, -0.1) is 5.10 Å². The smallest absolute Gasteiger partial charge is 0.253 e. The fraction of sp³-hybridized carbons (Fsp3) is 0.294. The van der Waals surface area contributed by atoms with Gasteiger partial charge in [-0.2, -0.15) is 4.98 Å². The van der Waals surface area contributed by atoms with Crippen LogP contribution in [0.5, 0.6) is 0 Å². The number of benzene rings is 1. The van der Waals surface area contributed by atoms with Gasteiger partial charge in [0.1, 0.15) is 0 Å². The van der Waals surface area contributed by atoms with Crippen molar-refractivity contribution in [1.82, 2.24) is 19.6 Å². The molecule has 3 rings (SSSR count). The van der Waals surface area contributed by atoms with Gasteiger partial charge in [0.05, 0.1) is 5.25 Å². The van der Waals surface area contributed by atoms with Crippen molar-refractivity contribution in [2.24, 2.45) is 0 Å². The van der Waals surface area contributed by atoms with Crippen molar-refractivity contribution in [2.75, 3.05) is 5.32 Å². The van der Waals surface area contributed by atoms with E-state index in [-0.39, 0.29) is 11.2 Å². The highest BCUT2D eigenvalue weighted by molar-refractivity contribution is 8.00. The third kappa shape index (κ3) is 3.93. The van der Waals surface area contributed by atoms with Crippen molar-refractivity contribution >= 4 is 40.7 Å². The van der Waals surface area contributed by atoms with Crippen molar-refractivity contribution in [3.05, 3.63) is 46.2 Å². The second-order valence-corrected chi connectivity index (χ2v) is 7.60. The molecule has 0 fully saturated rings. The number of thioether (sulfide) groups is 1. The second-order valence-electron chi connectivity index (χ2n) is 5.85. The first-order chi connectivity index (χ1) is 11.8. The van der Waals surface area contributed by atoms with E-state index in [1.54, 1.807) is 16.6 Å². The van der Waals surface area contributed by atoms with E-state index >= 15 is 0 Å². The molecule has 2 heterocycles. The molecule has 0 spiro atoms. The van der Waals surface area contributed by atoms with Crippen LogP contribution in [0, 0.1) is 20.8 Å². The largest absolute Gasteiger partial charge is 0.325 e. The molecule has 1 N–H and O–H groups in total. The first-order valence-corrected chi connectivity index (χ1v) is 9.04. The number of rotatable bonds is 4. The Balaban J connectivity index is 1.75. The predicted octanol–water partition coefficient (Wildman–Crippen LogP) is 3.82. The number of fused-ring (bicyclic) bond motifs is 1.